The molecule has 2 aromatic rings. The molecular formula is C22H25NOSi. The predicted octanol–water partition coefficient (Wildman–Crippen LogP) is 3.85. The Kier molecular flexibility index (Phi) is 7.40. The van der Waals surface area contributed by atoms with Crippen LogP contribution in [0.4, 0.5) is 0 Å². The minimum Gasteiger partial charge on any atom is -0.376 e. The van der Waals surface area contributed by atoms with Gasteiger partial charge in [-0.1, -0.05) is 79.4 Å². The summed E-state index contributed by atoms with van der Waals surface area (Å²) < 4.78 is 5.83. The molecule has 0 radical (unpaired) electrons. The molecule has 2 nitrogen and oxygen atoms in total. The van der Waals surface area contributed by atoms with E-state index in [4.69, 9.17) is 10.00 Å². The summed E-state index contributed by atoms with van der Waals surface area (Å²) in [6.07, 6.45) is 5.41. The van der Waals surface area contributed by atoms with Crippen molar-refractivity contribution in [2.75, 3.05) is 13.2 Å². The largest absolute Gasteiger partial charge is 0.376 e. The Labute approximate surface area is 152 Å². The summed E-state index contributed by atoms with van der Waals surface area (Å²) in [5.74, 6) is 0. The summed E-state index contributed by atoms with van der Waals surface area (Å²) in [5, 5.41) is 12.8. The molecule has 2 rings (SSSR count). The number of benzene rings is 2. The molecule has 128 valence electrons. The first-order valence-corrected chi connectivity index (χ1v) is 11.1. The van der Waals surface area contributed by atoms with E-state index in [0.29, 0.717) is 19.6 Å². The molecule has 25 heavy (non-hydrogen) atoms. The molecule has 3 heteroatoms. The molecule has 0 N–H and O–H groups in total. The van der Waals surface area contributed by atoms with E-state index >= 15 is 0 Å². The van der Waals surface area contributed by atoms with Gasteiger partial charge in [-0.25, -0.2) is 0 Å². The third-order valence-corrected chi connectivity index (χ3v) is 9.10. The number of nitrogens with zero attached hydrogens (tertiary/aromatic N) is 1. The number of rotatable bonds is 9. The van der Waals surface area contributed by atoms with E-state index in [-0.39, 0.29) is 0 Å². The van der Waals surface area contributed by atoms with Crippen LogP contribution in [0.5, 0.6) is 0 Å². The van der Waals surface area contributed by atoms with Crippen molar-refractivity contribution in [3.8, 4) is 6.07 Å². The Morgan fingerprint density at radius 1 is 1.08 bits per heavy atom. The Morgan fingerprint density at radius 3 is 2.12 bits per heavy atom. The van der Waals surface area contributed by atoms with E-state index in [9.17, 15) is 0 Å². The summed E-state index contributed by atoms with van der Waals surface area (Å²) in [6, 6.07) is 23.5. The van der Waals surface area contributed by atoms with Crippen LogP contribution in [0.15, 0.2) is 84.6 Å². The van der Waals surface area contributed by atoms with Gasteiger partial charge in [-0.05, 0) is 22.0 Å². The fraction of sp³-hybridized carbons (Fsp3) is 0.227. The smallest absolute Gasteiger partial charge is 0.143 e. The summed E-state index contributed by atoms with van der Waals surface area (Å²) in [4.78, 5) is 0. The van der Waals surface area contributed by atoms with Crippen LogP contribution in [-0.4, -0.2) is 21.3 Å². The number of hydrogen-bond donors (Lipinski definition) is 0. The van der Waals surface area contributed by atoms with Crippen molar-refractivity contribution < 1.29 is 4.74 Å². The summed E-state index contributed by atoms with van der Waals surface area (Å²) in [6.45, 7) is 7.26. The zero-order chi connectivity index (χ0) is 18.0. The second-order valence-electron chi connectivity index (χ2n) is 6.07. The van der Waals surface area contributed by atoms with Gasteiger partial charge >= 0.3 is 0 Å². The van der Waals surface area contributed by atoms with Crippen LogP contribution < -0.4 is 10.4 Å². The van der Waals surface area contributed by atoms with Gasteiger partial charge in [0.1, 0.15) is 8.07 Å². The molecular weight excluding hydrogens is 322 g/mol. The number of allylic oxidation sites excluding steroid dienone is 2. The minimum atomic E-state index is -2.12. The summed E-state index contributed by atoms with van der Waals surface area (Å²) >= 11 is 0. The quantitative estimate of drug-likeness (QED) is 0.392. The molecule has 0 heterocycles. The third kappa shape index (κ3) is 4.79. The van der Waals surface area contributed by atoms with Gasteiger partial charge in [0, 0.05) is 0 Å². The summed E-state index contributed by atoms with van der Waals surface area (Å²) in [5.41, 5.74) is 0. The van der Waals surface area contributed by atoms with E-state index in [1.165, 1.54) is 15.6 Å². The van der Waals surface area contributed by atoms with Crippen LogP contribution in [0.2, 0.25) is 6.55 Å². The van der Waals surface area contributed by atoms with Gasteiger partial charge in [0.05, 0.1) is 25.7 Å². The van der Waals surface area contributed by atoms with Crippen LogP contribution in [-0.2, 0) is 4.74 Å². The van der Waals surface area contributed by atoms with Gasteiger partial charge in [0.25, 0.3) is 0 Å². The molecule has 0 aromatic heterocycles. The Morgan fingerprint density at radius 2 is 1.64 bits per heavy atom. The van der Waals surface area contributed by atoms with Crippen molar-refractivity contribution >= 4 is 18.4 Å². The highest BCUT2D eigenvalue weighted by molar-refractivity contribution is 7.06. The lowest BCUT2D eigenvalue weighted by atomic mass is 10.3. The minimum absolute atomic E-state index is 0.420. The normalized spacial score (nSPS) is 11.8. The molecule has 0 aliphatic heterocycles. The van der Waals surface area contributed by atoms with E-state index in [1.807, 2.05) is 6.08 Å². The topological polar surface area (TPSA) is 33.0 Å². The molecule has 0 fully saturated rings. The zero-order valence-electron chi connectivity index (χ0n) is 14.8. The fourth-order valence-electron chi connectivity index (χ4n) is 3.01. The second kappa shape index (κ2) is 9.78. The molecule has 0 bridgehead atoms. The third-order valence-electron chi connectivity index (χ3n) is 4.49. The molecule has 0 unspecified atom stereocenters. The maximum atomic E-state index is 8.74. The number of hydrogen-bond acceptors (Lipinski definition) is 2. The lowest BCUT2D eigenvalue weighted by molar-refractivity contribution is 0.165. The van der Waals surface area contributed by atoms with Crippen molar-refractivity contribution in [1.29, 1.82) is 5.26 Å². The Hall–Kier alpha value is -2.41. The molecule has 0 spiro atoms. The van der Waals surface area contributed by atoms with E-state index in [2.05, 4.69) is 85.9 Å². The lowest BCUT2D eigenvalue weighted by Crippen LogP contribution is -2.58. The van der Waals surface area contributed by atoms with E-state index < -0.39 is 8.07 Å². The molecule has 0 amide bonds. The van der Waals surface area contributed by atoms with Gasteiger partial charge in [-0.3, -0.25) is 0 Å². The Balaban J connectivity index is 2.47. The maximum Gasteiger partial charge on any atom is 0.143 e. The first-order chi connectivity index (χ1) is 12.2. The molecule has 2 aromatic carbocycles. The molecule has 0 atom stereocenters. The van der Waals surface area contributed by atoms with E-state index in [0.717, 1.165) is 6.42 Å². The van der Waals surface area contributed by atoms with Gasteiger partial charge in [0.15, 0.2) is 0 Å². The van der Waals surface area contributed by atoms with Crippen molar-refractivity contribution in [2.45, 2.75) is 19.4 Å². The highest BCUT2D eigenvalue weighted by Gasteiger charge is 2.35. The number of ether oxygens (including phenoxy) is 1. The van der Waals surface area contributed by atoms with Crippen LogP contribution >= 0.6 is 0 Å². The van der Waals surface area contributed by atoms with Gasteiger partial charge in [0.2, 0.25) is 0 Å². The van der Waals surface area contributed by atoms with Gasteiger partial charge in [-0.15, -0.1) is 6.58 Å². The average molecular weight is 348 g/mol. The molecule has 0 aliphatic rings. The van der Waals surface area contributed by atoms with Crippen molar-refractivity contribution in [1.82, 2.24) is 0 Å². The lowest BCUT2D eigenvalue weighted by Gasteiger charge is -2.32. The fourth-order valence-corrected chi connectivity index (χ4v) is 6.72. The predicted molar refractivity (Wildman–Crippen MR) is 108 cm³/mol. The SMILES string of the molecule is C=CC/C=C(/COCCC#N)[Si](C)(c1ccccc1)c1ccccc1. The van der Waals surface area contributed by atoms with Gasteiger partial charge < -0.3 is 4.74 Å². The van der Waals surface area contributed by atoms with Crippen LogP contribution in [0.1, 0.15) is 12.8 Å². The average Bonchev–Trinajstić information content (AvgIpc) is 2.68. The first-order valence-electron chi connectivity index (χ1n) is 8.59. The van der Waals surface area contributed by atoms with Crippen molar-refractivity contribution in [3.63, 3.8) is 0 Å². The highest BCUT2D eigenvalue weighted by Crippen LogP contribution is 2.18. The summed E-state index contributed by atoms with van der Waals surface area (Å²) in [7, 11) is -2.12. The van der Waals surface area contributed by atoms with Crippen LogP contribution in [0.25, 0.3) is 0 Å². The molecule has 0 saturated carbocycles. The van der Waals surface area contributed by atoms with Crippen LogP contribution in [0.3, 0.4) is 0 Å². The van der Waals surface area contributed by atoms with Gasteiger partial charge in [-0.2, -0.15) is 5.26 Å². The van der Waals surface area contributed by atoms with Crippen molar-refractivity contribution in [2.24, 2.45) is 0 Å². The second-order valence-corrected chi connectivity index (χ2v) is 10.1. The number of nitriles is 1. The monoisotopic (exact) mass is 347 g/mol. The highest BCUT2D eigenvalue weighted by atomic mass is 28.3. The van der Waals surface area contributed by atoms with Crippen molar-refractivity contribution in [3.05, 3.63) is 84.6 Å². The Bertz CT molecular complexity index is 692. The molecule has 0 saturated heterocycles. The molecule has 0 aliphatic carbocycles. The standard InChI is InChI=1S/C22H25NOSi/c1-3-4-12-22(19-24-18-11-17-23)25(2,20-13-7-5-8-14-20)21-15-9-6-10-16-21/h3,5-10,12-16H,1,4,11,18-19H2,2H3/b22-12-. The first kappa shape index (κ1) is 18.9. The van der Waals surface area contributed by atoms with E-state index in [1.54, 1.807) is 0 Å². The maximum absolute atomic E-state index is 8.74. The van der Waals surface area contributed by atoms with Crippen LogP contribution in [0, 0.1) is 11.3 Å². The zero-order valence-corrected chi connectivity index (χ0v) is 15.8.